The summed E-state index contributed by atoms with van der Waals surface area (Å²) in [5.41, 5.74) is 1.26. The highest BCUT2D eigenvalue weighted by Gasteiger charge is 2.16. The van der Waals surface area contributed by atoms with Crippen molar-refractivity contribution in [2.75, 3.05) is 13.1 Å². The fourth-order valence-corrected chi connectivity index (χ4v) is 2.37. The summed E-state index contributed by atoms with van der Waals surface area (Å²) in [5.74, 6) is 0.741. The Labute approximate surface area is 97.2 Å². The Bertz CT molecular complexity index is 324. The number of pyridine rings is 1. The highest BCUT2D eigenvalue weighted by molar-refractivity contribution is 9.10. The van der Waals surface area contributed by atoms with Crippen LogP contribution in [0.4, 0.5) is 0 Å². The molecule has 1 atom stereocenters. The molecule has 1 aliphatic rings. The van der Waals surface area contributed by atoms with Gasteiger partial charge in [0, 0.05) is 10.7 Å². The maximum Gasteiger partial charge on any atom is 0.129 e. The number of hydrogen-bond acceptors (Lipinski definition) is 2. The number of hydrogen-bond donors (Lipinski definition) is 1. The van der Waals surface area contributed by atoms with Gasteiger partial charge in [-0.15, -0.1) is 0 Å². The molecule has 0 saturated carbocycles. The van der Waals surface area contributed by atoms with Gasteiger partial charge in [0.25, 0.3) is 0 Å². The third-order valence-electron chi connectivity index (χ3n) is 2.57. The van der Waals surface area contributed by atoms with Gasteiger partial charge in [-0.05, 0) is 59.4 Å². The van der Waals surface area contributed by atoms with Gasteiger partial charge in [0.15, 0.2) is 0 Å². The van der Waals surface area contributed by atoms with Crippen molar-refractivity contribution >= 4 is 27.5 Å². The Morgan fingerprint density at radius 1 is 1.64 bits per heavy atom. The van der Waals surface area contributed by atoms with Crippen LogP contribution in [0.5, 0.6) is 0 Å². The van der Waals surface area contributed by atoms with Crippen LogP contribution in [-0.2, 0) is 6.42 Å². The van der Waals surface area contributed by atoms with Crippen LogP contribution < -0.4 is 5.32 Å². The van der Waals surface area contributed by atoms with Crippen LogP contribution >= 0.6 is 27.5 Å². The molecule has 1 unspecified atom stereocenters. The van der Waals surface area contributed by atoms with Crippen molar-refractivity contribution in [3.8, 4) is 0 Å². The van der Waals surface area contributed by atoms with Crippen molar-refractivity contribution < 1.29 is 0 Å². The van der Waals surface area contributed by atoms with Crippen LogP contribution in [0.15, 0.2) is 16.7 Å². The molecule has 2 rings (SSSR count). The minimum atomic E-state index is 0.578. The molecule has 4 heteroatoms. The molecule has 1 N–H and O–H groups in total. The molecule has 2 nitrogen and oxygen atoms in total. The van der Waals surface area contributed by atoms with E-state index in [2.05, 4.69) is 26.2 Å². The lowest BCUT2D eigenvalue weighted by Gasteiger charge is -2.09. The van der Waals surface area contributed by atoms with Crippen molar-refractivity contribution in [1.29, 1.82) is 0 Å². The summed E-state index contributed by atoms with van der Waals surface area (Å²) in [7, 11) is 0. The van der Waals surface area contributed by atoms with Gasteiger partial charge in [-0.1, -0.05) is 11.6 Å². The standard InChI is InChI=1S/C10H12BrClN2/c11-9-6-14-10(12)4-8(9)3-7-1-2-13-5-7/h4,6-7,13H,1-3,5H2. The SMILES string of the molecule is Clc1cc(CC2CCNC2)c(Br)cn1. The molecular weight excluding hydrogens is 263 g/mol. The number of aromatic nitrogens is 1. The topological polar surface area (TPSA) is 24.9 Å². The predicted octanol–water partition coefficient (Wildman–Crippen LogP) is 2.65. The van der Waals surface area contributed by atoms with E-state index in [4.69, 9.17) is 11.6 Å². The molecule has 0 spiro atoms. The van der Waals surface area contributed by atoms with Crippen LogP contribution in [0.3, 0.4) is 0 Å². The number of nitrogens with one attached hydrogen (secondary N) is 1. The summed E-state index contributed by atoms with van der Waals surface area (Å²) in [4.78, 5) is 4.02. The lowest BCUT2D eigenvalue weighted by molar-refractivity contribution is 0.578. The third kappa shape index (κ3) is 2.47. The van der Waals surface area contributed by atoms with Crippen LogP contribution in [0.2, 0.25) is 5.15 Å². The monoisotopic (exact) mass is 274 g/mol. The highest BCUT2D eigenvalue weighted by Crippen LogP contribution is 2.23. The van der Waals surface area contributed by atoms with Gasteiger partial charge in [0.1, 0.15) is 5.15 Å². The fraction of sp³-hybridized carbons (Fsp3) is 0.500. The predicted molar refractivity (Wildman–Crippen MR) is 61.6 cm³/mol. The van der Waals surface area contributed by atoms with E-state index in [-0.39, 0.29) is 0 Å². The van der Waals surface area contributed by atoms with Gasteiger partial charge in [-0.3, -0.25) is 0 Å². The Morgan fingerprint density at radius 2 is 2.50 bits per heavy atom. The number of rotatable bonds is 2. The summed E-state index contributed by atoms with van der Waals surface area (Å²) in [5, 5.41) is 3.94. The van der Waals surface area contributed by atoms with Gasteiger partial charge >= 0.3 is 0 Å². The molecule has 76 valence electrons. The van der Waals surface area contributed by atoms with Gasteiger partial charge in [0.05, 0.1) is 0 Å². The average molecular weight is 276 g/mol. The average Bonchev–Trinajstić information content (AvgIpc) is 2.64. The zero-order valence-corrected chi connectivity index (χ0v) is 10.1. The lowest BCUT2D eigenvalue weighted by atomic mass is 10.00. The molecule has 1 aliphatic heterocycles. The van der Waals surface area contributed by atoms with Crippen molar-refractivity contribution in [1.82, 2.24) is 10.3 Å². The van der Waals surface area contributed by atoms with Gasteiger partial charge < -0.3 is 5.32 Å². The number of nitrogens with zero attached hydrogens (tertiary/aromatic N) is 1. The first-order chi connectivity index (χ1) is 6.75. The second kappa shape index (κ2) is 4.60. The molecule has 1 aromatic rings. The molecule has 14 heavy (non-hydrogen) atoms. The Morgan fingerprint density at radius 3 is 3.21 bits per heavy atom. The molecule has 0 amide bonds. The van der Waals surface area contributed by atoms with E-state index in [0.717, 1.165) is 29.9 Å². The number of halogens is 2. The maximum absolute atomic E-state index is 5.85. The first kappa shape index (κ1) is 10.4. The molecule has 1 saturated heterocycles. The highest BCUT2D eigenvalue weighted by atomic mass is 79.9. The molecular formula is C10H12BrClN2. The lowest BCUT2D eigenvalue weighted by Crippen LogP contribution is -2.11. The zero-order valence-electron chi connectivity index (χ0n) is 7.76. The first-order valence-electron chi connectivity index (χ1n) is 4.76. The summed E-state index contributed by atoms with van der Waals surface area (Å²) in [6.07, 6.45) is 4.11. The molecule has 1 fully saturated rings. The Balaban J connectivity index is 2.10. The second-order valence-electron chi connectivity index (χ2n) is 3.66. The first-order valence-corrected chi connectivity index (χ1v) is 5.93. The van der Waals surface area contributed by atoms with Crippen LogP contribution in [-0.4, -0.2) is 18.1 Å². The quantitative estimate of drug-likeness (QED) is 0.840. The summed E-state index contributed by atoms with van der Waals surface area (Å²) in [6.45, 7) is 2.26. The minimum absolute atomic E-state index is 0.578. The van der Waals surface area contributed by atoms with Crippen molar-refractivity contribution in [2.24, 2.45) is 5.92 Å². The molecule has 2 heterocycles. The van der Waals surface area contributed by atoms with Crippen molar-refractivity contribution in [2.45, 2.75) is 12.8 Å². The second-order valence-corrected chi connectivity index (χ2v) is 4.90. The van der Waals surface area contributed by atoms with Crippen LogP contribution in [0, 0.1) is 5.92 Å². The van der Waals surface area contributed by atoms with E-state index < -0.39 is 0 Å². The van der Waals surface area contributed by atoms with Crippen LogP contribution in [0.25, 0.3) is 0 Å². The molecule has 1 aromatic heterocycles. The normalized spacial score (nSPS) is 21.4. The Kier molecular flexibility index (Phi) is 3.42. The van der Waals surface area contributed by atoms with Crippen molar-refractivity contribution in [3.63, 3.8) is 0 Å². The largest absolute Gasteiger partial charge is 0.316 e. The molecule has 0 radical (unpaired) electrons. The fourth-order valence-electron chi connectivity index (χ4n) is 1.81. The zero-order chi connectivity index (χ0) is 9.97. The third-order valence-corrected chi connectivity index (χ3v) is 3.49. The summed E-state index contributed by atoms with van der Waals surface area (Å²) in [6, 6.07) is 1.95. The molecule has 0 aliphatic carbocycles. The van der Waals surface area contributed by atoms with Gasteiger partial charge in [0.2, 0.25) is 0 Å². The minimum Gasteiger partial charge on any atom is -0.316 e. The summed E-state index contributed by atoms with van der Waals surface area (Å²) < 4.78 is 1.06. The molecule has 0 bridgehead atoms. The van der Waals surface area contributed by atoms with Gasteiger partial charge in [-0.25, -0.2) is 4.98 Å². The van der Waals surface area contributed by atoms with E-state index in [0.29, 0.717) is 5.15 Å². The smallest absolute Gasteiger partial charge is 0.129 e. The van der Waals surface area contributed by atoms with Crippen LogP contribution in [0.1, 0.15) is 12.0 Å². The maximum atomic E-state index is 5.85. The van der Waals surface area contributed by atoms with E-state index in [1.54, 1.807) is 6.20 Å². The Hall–Kier alpha value is -0.120. The van der Waals surface area contributed by atoms with Crippen molar-refractivity contribution in [3.05, 3.63) is 27.5 Å². The van der Waals surface area contributed by atoms with E-state index in [9.17, 15) is 0 Å². The van der Waals surface area contributed by atoms with Gasteiger partial charge in [-0.2, -0.15) is 0 Å². The van der Waals surface area contributed by atoms with E-state index in [1.807, 2.05) is 6.07 Å². The summed E-state index contributed by atoms with van der Waals surface area (Å²) >= 11 is 9.35. The van der Waals surface area contributed by atoms with E-state index in [1.165, 1.54) is 12.0 Å². The molecule has 0 aromatic carbocycles. The van der Waals surface area contributed by atoms with E-state index >= 15 is 0 Å².